The number of anilines is 4. The molecule has 0 aliphatic carbocycles. The summed E-state index contributed by atoms with van der Waals surface area (Å²) >= 11 is 0. The van der Waals surface area contributed by atoms with Gasteiger partial charge in [-0.25, -0.2) is 29.9 Å². The maximum Gasteiger partial charge on any atom is 1.00 e. The number of nitrogens with zero attached hydrogens (tertiary/aromatic N) is 6. The number of hydrogen-bond acceptors (Lipinski definition) is 10. The van der Waals surface area contributed by atoms with Crippen LogP contribution in [0.5, 0.6) is 0 Å². The van der Waals surface area contributed by atoms with Gasteiger partial charge in [-0.3, -0.25) is 19.2 Å². The maximum atomic E-state index is 15.7. The van der Waals surface area contributed by atoms with Crippen molar-refractivity contribution in [3.05, 3.63) is 216 Å². The zero-order valence-electron chi connectivity index (χ0n) is 40.1. The van der Waals surface area contributed by atoms with E-state index < -0.39 is 34.8 Å². The van der Waals surface area contributed by atoms with Crippen molar-refractivity contribution in [3.63, 3.8) is 0 Å². The minimum atomic E-state index is -0.882. The van der Waals surface area contributed by atoms with Gasteiger partial charge in [-0.1, -0.05) is 146 Å². The Labute approximate surface area is 447 Å². The van der Waals surface area contributed by atoms with Crippen LogP contribution in [0, 0.1) is 0 Å². The summed E-state index contributed by atoms with van der Waals surface area (Å²) in [4.78, 5) is 100. The predicted octanol–water partition coefficient (Wildman–Crippen LogP) is 11.9. The summed E-state index contributed by atoms with van der Waals surface area (Å²) in [5.41, 5.74) is 3.39. The molecule has 0 saturated heterocycles. The number of nitrogens with one attached hydrogen (secondary N) is 6. The van der Waals surface area contributed by atoms with Gasteiger partial charge in [-0.15, -0.1) is 0 Å². The number of fused-ring (bicyclic) bond motifs is 20. The van der Waals surface area contributed by atoms with Crippen molar-refractivity contribution in [2.75, 3.05) is 21.3 Å². The molecule has 0 atom stereocenters. The van der Waals surface area contributed by atoms with Crippen LogP contribution in [-0.2, 0) is 17.1 Å². The number of carbonyl (C=O) groups excluding carboxylic acids is 4. The molecule has 17 heteroatoms. The second kappa shape index (κ2) is 19.7. The average molecular weight is 1050 g/mol. The molecule has 8 aromatic carbocycles. The number of amides is 4. The Hall–Kier alpha value is -10.5. The van der Waals surface area contributed by atoms with Crippen LogP contribution in [0.3, 0.4) is 0 Å². The summed E-state index contributed by atoms with van der Waals surface area (Å²) in [6, 6.07) is 57.2. The molecule has 4 amide bonds. The van der Waals surface area contributed by atoms with Gasteiger partial charge in [-0.2, -0.15) is 0 Å². The van der Waals surface area contributed by atoms with E-state index in [1.807, 2.05) is 72.8 Å². The number of H-pyrrole nitrogens is 2. The number of benzene rings is 8. The second-order valence-electron chi connectivity index (χ2n) is 17.8. The van der Waals surface area contributed by atoms with Crippen LogP contribution in [0.1, 0.15) is 41.4 Å². The van der Waals surface area contributed by atoms with Crippen molar-refractivity contribution in [2.45, 2.75) is 0 Å². The third kappa shape index (κ3) is 8.68. The molecular weight excluding hydrogens is 1020 g/mol. The predicted molar refractivity (Wildman–Crippen MR) is 294 cm³/mol. The first kappa shape index (κ1) is 47.5. The van der Waals surface area contributed by atoms with Gasteiger partial charge in [0.2, 0.25) is 0 Å². The number of para-hydroxylation sites is 4. The summed E-state index contributed by atoms with van der Waals surface area (Å²) in [6.07, 6.45) is 0. The topological polar surface area (TPSA) is 225 Å². The molecule has 3 aromatic heterocycles. The number of aromatic amines is 2. The van der Waals surface area contributed by atoms with Crippen LogP contribution in [0.2, 0.25) is 0 Å². The number of rotatable bonds is 8. The van der Waals surface area contributed by atoms with Crippen LogP contribution < -0.4 is 21.3 Å². The van der Waals surface area contributed by atoms with Crippen molar-refractivity contribution < 1.29 is 36.2 Å². The van der Waals surface area contributed by atoms with Crippen LogP contribution >= 0.6 is 0 Å². The molecule has 0 unspecified atom stereocenters. The van der Waals surface area contributed by atoms with E-state index in [9.17, 15) is 0 Å². The summed E-state index contributed by atoms with van der Waals surface area (Å²) in [5.74, 6) is -2.37. The molecule has 0 spiro atoms. The van der Waals surface area contributed by atoms with Gasteiger partial charge in [0.05, 0.1) is 22.3 Å². The fourth-order valence-electron chi connectivity index (χ4n) is 9.67. The summed E-state index contributed by atoms with van der Waals surface area (Å²) in [6.45, 7) is 0. The molecule has 0 saturated carbocycles. The second-order valence-corrected chi connectivity index (χ2v) is 17.8. The molecule has 77 heavy (non-hydrogen) atoms. The third-order valence-corrected chi connectivity index (χ3v) is 13.0. The zero-order valence-corrected chi connectivity index (χ0v) is 41.0. The SMILES string of the molecule is O=C(Nc1ccccc1)c1c(C(=O)Nc2ccccc2)c(C(=O)Nc2ccccc2)c2c3nc4nc(nc5[nH]c(nc6nc(nc([nH]3)c2c1C(=O)Nc1ccccc1)-c1ccccc1-6)c1ccccc51)-c1ccccc1-4.[Cu+]. The van der Waals surface area contributed by atoms with Crippen molar-refractivity contribution in [3.8, 4) is 45.6 Å². The van der Waals surface area contributed by atoms with E-state index in [1.54, 1.807) is 121 Å². The van der Waals surface area contributed by atoms with Gasteiger partial charge in [0.25, 0.3) is 23.6 Å². The molecule has 16 nitrogen and oxygen atoms in total. The minimum absolute atomic E-state index is 0. The van der Waals surface area contributed by atoms with Gasteiger partial charge in [0.1, 0.15) is 22.6 Å². The third-order valence-electron chi connectivity index (χ3n) is 13.0. The molecule has 6 N–H and O–H groups in total. The molecule has 13 rings (SSSR count). The summed E-state index contributed by atoms with van der Waals surface area (Å²) in [7, 11) is 0. The van der Waals surface area contributed by atoms with E-state index in [1.165, 1.54) is 0 Å². The standard InChI is InChI=1S/C60H38N12O4.Cu/c73-57(61-33-19-5-1-6-20-33)45-43-44(46(58(74)62-34-21-7-2-8-22-34)48(60(76)64-36-25-11-4-12-26-36)47(45)59(75)63-35-23-9-3-10-24-35)56-71-54-42-32-18-16-30-40(42)52(69-54)67-50-38-28-14-13-27-37(38)49(65-50)66-51-39-29-15-17-31-41(39)53(68-51)70-55(43)72-56;/h1-32H,(H,61,73)(H,62,74)(H,63,75)(H,64,76)(H2,65,66,67,68,69,70,71,72);/q;+1. The normalized spacial score (nSPS) is 11.2. The van der Waals surface area contributed by atoms with Gasteiger partial charge in [-0.05, 0) is 48.5 Å². The van der Waals surface area contributed by atoms with Crippen LogP contribution in [0.4, 0.5) is 22.7 Å². The quantitative estimate of drug-likeness (QED) is 0.0789. The first-order chi connectivity index (χ1) is 37.3. The number of aromatic nitrogens is 8. The van der Waals surface area contributed by atoms with Crippen LogP contribution in [-0.4, -0.2) is 63.5 Å². The van der Waals surface area contributed by atoms with E-state index in [0.29, 0.717) is 67.9 Å². The maximum absolute atomic E-state index is 15.7. The van der Waals surface area contributed by atoms with Gasteiger partial charge < -0.3 is 31.2 Å². The summed E-state index contributed by atoms with van der Waals surface area (Å²) < 4.78 is 0. The molecule has 2 aliphatic heterocycles. The molecular formula is C60H38CuN12O4+. The summed E-state index contributed by atoms with van der Waals surface area (Å²) in [5, 5.41) is 13.3. The monoisotopic (exact) mass is 1050 g/mol. The van der Waals surface area contributed by atoms with Gasteiger partial charge >= 0.3 is 17.1 Å². The Bertz CT molecular complexity index is 4110. The van der Waals surface area contributed by atoms with E-state index in [-0.39, 0.29) is 61.9 Å². The molecule has 372 valence electrons. The number of carbonyl (C=O) groups is 4. The van der Waals surface area contributed by atoms with E-state index in [4.69, 9.17) is 29.9 Å². The van der Waals surface area contributed by atoms with E-state index in [0.717, 1.165) is 10.8 Å². The molecule has 8 bridgehead atoms. The Kier molecular flexibility index (Phi) is 12.2. The van der Waals surface area contributed by atoms with Gasteiger partial charge in [0.15, 0.2) is 23.3 Å². The molecule has 2 aliphatic rings. The van der Waals surface area contributed by atoms with Crippen LogP contribution in [0.25, 0.3) is 89.7 Å². The van der Waals surface area contributed by atoms with Crippen molar-refractivity contribution in [2.24, 2.45) is 0 Å². The Morgan fingerprint density at radius 1 is 0.286 bits per heavy atom. The Balaban J connectivity index is 0.00000596. The fraction of sp³-hybridized carbons (Fsp3) is 0. The van der Waals surface area contributed by atoms with E-state index in [2.05, 4.69) is 31.2 Å². The molecule has 0 fully saturated rings. The first-order valence-corrected chi connectivity index (χ1v) is 24.1. The Morgan fingerprint density at radius 2 is 0.532 bits per heavy atom. The van der Waals surface area contributed by atoms with E-state index >= 15 is 19.2 Å². The fourth-order valence-corrected chi connectivity index (χ4v) is 9.67. The van der Waals surface area contributed by atoms with Crippen molar-refractivity contribution in [1.82, 2.24) is 39.9 Å². The first-order valence-electron chi connectivity index (χ1n) is 24.1. The zero-order chi connectivity index (χ0) is 51.3. The molecule has 5 heterocycles. The largest absolute Gasteiger partial charge is 1.00 e. The molecule has 0 radical (unpaired) electrons. The van der Waals surface area contributed by atoms with Crippen molar-refractivity contribution in [1.29, 1.82) is 0 Å². The average Bonchev–Trinajstić information content (AvgIpc) is 4.42. The smallest absolute Gasteiger partial charge is 0.324 e. The van der Waals surface area contributed by atoms with Gasteiger partial charge in [0, 0.05) is 66.5 Å². The van der Waals surface area contributed by atoms with Crippen LogP contribution in [0.15, 0.2) is 194 Å². The minimum Gasteiger partial charge on any atom is -0.324 e. The molecule has 11 aromatic rings. The van der Waals surface area contributed by atoms with Crippen molar-refractivity contribution >= 4 is 90.5 Å². The Morgan fingerprint density at radius 3 is 0.844 bits per heavy atom. The number of hydrogen-bond donors (Lipinski definition) is 6.